The molecule has 0 saturated carbocycles. The van der Waals surface area contributed by atoms with E-state index in [-0.39, 0.29) is 5.83 Å². The van der Waals surface area contributed by atoms with E-state index in [1.807, 2.05) is 22.6 Å². The van der Waals surface area contributed by atoms with Crippen LogP contribution in [0.15, 0.2) is 26.9 Å². The van der Waals surface area contributed by atoms with Crippen LogP contribution in [0.1, 0.15) is 5.69 Å². The molecule has 0 bridgehead atoms. The Morgan fingerprint density at radius 3 is 2.82 bits per heavy atom. The van der Waals surface area contributed by atoms with Crippen molar-refractivity contribution in [1.82, 2.24) is 4.98 Å². The van der Waals surface area contributed by atoms with Crippen LogP contribution in [0.2, 0.25) is 0 Å². The third kappa shape index (κ3) is 2.52. The monoisotopic (exact) mass is 327 g/mol. The number of halogens is 3. The van der Waals surface area contributed by atoms with Crippen molar-refractivity contribution in [3.8, 4) is 0 Å². The smallest absolute Gasteiger partial charge is 0.154 e. The molecule has 0 spiro atoms. The molecule has 1 nitrogen and oxygen atoms in total. The highest BCUT2D eigenvalue weighted by Gasteiger charge is 1.98. The summed E-state index contributed by atoms with van der Waals surface area (Å²) < 4.78 is 15.0. The number of hydrogen-bond acceptors (Lipinski definition) is 1. The third-order valence-corrected chi connectivity index (χ3v) is 2.08. The van der Waals surface area contributed by atoms with Crippen LogP contribution in [0.4, 0.5) is 4.39 Å². The van der Waals surface area contributed by atoms with Crippen molar-refractivity contribution in [1.29, 1.82) is 0 Å². The van der Waals surface area contributed by atoms with Gasteiger partial charge in [0.15, 0.2) is 5.83 Å². The Hall–Kier alpha value is 0.0300. The minimum atomic E-state index is -0.307. The molecule has 0 amide bonds. The number of nitrogens with zero attached hydrogens (tertiary/aromatic N) is 1. The fourth-order valence-corrected chi connectivity index (χ4v) is 1.13. The highest BCUT2D eigenvalue weighted by Crippen LogP contribution is 2.16. The Labute approximate surface area is 86.0 Å². The van der Waals surface area contributed by atoms with E-state index < -0.39 is 0 Å². The molecule has 0 saturated heterocycles. The first kappa shape index (κ1) is 9.12. The van der Waals surface area contributed by atoms with Crippen molar-refractivity contribution in [3.63, 3.8) is 0 Å². The van der Waals surface area contributed by atoms with Gasteiger partial charge in [-0.05, 0) is 50.7 Å². The normalized spacial score (nSPS) is 11.7. The largest absolute Gasteiger partial charge is 0.253 e. The van der Waals surface area contributed by atoms with Crippen LogP contribution in [-0.4, -0.2) is 4.98 Å². The summed E-state index contributed by atoms with van der Waals surface area (Å²) in [5.41, 5.74) is 0.364. The Bertz CT molecular complexity index is 270. The van der Waals surface area contributed by atoms with Crippen LogP contribution < -0.4 is 0 Å². The highest BCUT2D eigenvalue weighted by molar-refractivity contribution is 14.1. The summed E-state index contributed by atoms with van der Waals surface area (Å²) in [6.07, 6.45) is 1.56. The van der Waals surface area contributed by atoms with E-state index in [0.29, 0.717) is 5.69 Å². The first-order chi connectivity index (χ1) is 5.24. The van der Waals surface area contributed by atoms with Gasteiger partial charge in [-0.25, -0.2) is 4.39 Å². The van der Waals surface area contributed by atoms with E-state index >= 15 is 0 Å². The lowest BCUT2D eigenvalue weighted by Gasteiger charge is -1.94. The van der Waals surface area contributed by atoms with Gasteiger partial charge in [-0.1, -0.05) is 0 Å². The van der Waals surface area contributed by atoms with Crippen molar-refractivity contribution in [2.45, 2.75) is 0 Å². The maximum absolute atomic E-state index is 12.8. The molecular weight excluding hydrogens is 324 g/mol. The van der Waals surface area contributed by atoms with E-state index in [4.69, 9.17) is 0 Å². The molecule has 0 radical (unpaired) electrons. The number of pyridine rings is 1. The Morgan fingerprint density at radius 2 is 2.36 bits per heavy atom. The van der Waals surface area contributed by atoms with Gasteiger partial charge in [-0.15, -0.1) is 0 Å². The van der Waals surface area contributed by atoms with Gasteiger partial charge in [0.2, 0.25) is 0 Å². The molecule has 1 aromatic rings. The molecular formula is C7H4BrFIN. The lowest BCUT2D eigenvalue weighted by Crippen LogP contribution is -1.81. The van der Waals surface area contributed by atoms with Crippen molar-refractivity contribution in [2.24, 2.45) is 0 Å². The summed E-state index contributed by atoms with van der Waals surface area (Å²) in [6, 6.07) is 3.37. The molecule has 0 atom stereocenters. The van der Waals surface area contributed by atoms with Crippen molar-refractivity contribution in [3.05, 3.63) is 32.6 Å². The van der Waals surface area contributed by atoms with Crippen molar-refractivity contribution >= 4 is 44.3 Å². The first-order valence-electron chi connectivity index (χ1n) is 2.82. The number of hydrogen-bond donors (Lipinski definition) is 0. The van der Waals surface area contributed by atoms with Gasteiger partial charge in [-0.3, -0.25) is 4.98 Å². The van der Waals surface area contributed by atoms with Crippen LogP contribution >= 0.6 is 38.5 Å². The summed E-state index contributed by atoms with van der Waals surface area (Å²) in [5, 5.41) is 0. The van der Waals surface area contributed by atoms with Crippen LogP contribution in [-0.2, 0) is 0 Å². The van der Waals surface area contributed by atoms with Gasteiger partial charge in [0.25, 0.3) is 0 Å². The molecule has 0 N–H and O–H groups in total. The maximum Gasteiger partial charge on any atom is 0.154 e. The van der Waals surface area contributed by atoms with Crippen LogP contribution in [0.5, 0.6) is 0 Å². The highest BCUT2D eigenvalue weighted by atomic mass is 127. The van der Waals surface area contributed by atoms with E-state index in [9.17, 15) is 4.39 Å². The molecule has 1 heterocycles. The maximum atomic E-state index is 12.8. The van der Waals surface area contributed by atoms with Crippen LogP contribution in [0.25, 0.3) is 5.83 Å². The zero-order chi connectivity index (χ0) is 8.27. The second-order valence-corrected chi connectivity index (χ2v) is 3.36. The zero-order valence-corrected chi connectivity index (χ0v) is 9.13. The molecule has 1 rings (SSSR count). The second-order valence-electron chi connectivity index (χ2n) is 1.82. The van der Waals surface area contributed by atoms with E-state index in [1.165, 1.54) is 4.08 Å². The predicted molar refractivity (Wildman–Crippen MR) is 55.0 cm³/mol. The van der Waals surface area contributed by atoms with Gasteiger partial charge in [0.1, 0.15) is 0 Å². The molecule has 58 valence electrons. The van der Waals surface area contributed by atoms with E-state index in [2.05, 4.69) is 20.9 Å². The molecule has 4 heteroatoms. The lowest BCUT2D eigenvalue weighted by atomic mass is 10.3. The third-order valence-electron chi connectivity index (χ3n) is 1.07. The molecule has 1 aromatic heterocycles. The SMILES string of the molecule is F/C(=C\I)c1ccc(Br)cn1. The van der Waals surface area contributed by atoms with E-state index in [0.717, 1.165) is 4.47 Å². The van der Waals surface area contributed by atoms with Gasteiger partial charge < -0.3 is 0 Å². The summed E-state index contributed by atoms with van der Waals surface area (Å²) >= 11 is 5.05. The molecule has 0 aliphatic heterocycles. The van der Waals surface area contributed by atoms with Crippen LogP contribution in [0, 0.1) is 0 Å². The Morgan fingerprint density at radius 1 is 1.64 bits per heavy atom. The average molecular weight is 328 g/mol. The van der Waals surface area contributed by atoms with Crippen molar-refractivity contribution in [2.75, 3.05) is 0 Å². The van der Waals surface area contributed by atoms with E-state index in [1.54, 1.807) is 18.3 Å². The van der Waals surface area contributed by atoms with Crippen molar-refractivity contribution < 1.29 is 4.39 Å². The lowest BCUT2D eigenvalue weighted by molar-refractivity contribution is 0.755. The fraction of sp³-hybridized carbons (Fsp3) is 0. The minimum absolute atomic E-state index is 0.307. The fourth-order valence-electron chi connectivity index (χ4n) is 0.573. The molecule has 11 heavy (non-hydrogen) atoms. The first-order valence-corrected chi connectivity index (χ1v) is 4.85. The van der Waals surface area contributed by atoms with Gasteiger partial charge in [0.05, 0.1) is 5.69 Å². The zero-order valence-electron chi connectivity index (χ0n) is 5.39. The summed E-state index contributed by atoms with van der Waals surface area (Å²) in [7, 11) is 0. The number of rotatable bonds is 1. The predicted octanol–water partition coefficient (Wildman–Crippen LogP) is 3.55. The molecule has 0 unspecified atom stereocenters. The minimum Gasteiger partial charge on any atom is -0.253 e. The molecule has 0 fully saturated rings. The summed E-state index contributed by atoms with van der Waals surface area (Å²) in [6.45, 7) is 0. The topological polar surface area (TPSA) is 12.9 Å². The second kappa shape index (κ2) is 4.15. The Kier molecular flexibility index (Phi) is 3.45. The van der Waals surface area contributed by atoms with Gasteiger partial charge in [-0.2, -0.15) is 0 Å². The average Bonchev–Trinajstić information content (AvgIpc) is 2.05. The Balaban J connectivity index is 2.99. The van der Waals surface area contributed by atoms with Gasteiger partial charge in [0, 0.05) is 14.8 Å². The summed E-state index contributed by atoms with van der Waals surface area (Å²) in [5.74, 6) is -0.307. The number of aromatic nitrogens is 1. The molecule has 0 aromatic carbocycles. The summed E-state index contributed by atoms with van der Waals surface area (Å²) in [4.78, 5) is 3.85. The van der Waals surface area contributed by atoms with Crippen LogP contribution in [0.3, 0.4) is 0 Å². The molecule has 0 aliphatic carbocycles. The quantitative estimate of drug-likeness (QED) is 0.719. The standard InChI is InChI=1S/C7H4BrFIN/c8-5-1-2-7(11-4-5)6(9)3-10/h1-4H/b6-3-. The van der Waals surface area contributed by atoms with Gasteiger partial charge >= 0.3 is 0 Å². The molecule has 0 aliphatic rings.